The highest BCUT2D eigenvalue weighted by atomic mass is 16.5. The van der Waals surface area contributed by atoms with Crippen LogP contribution < -0.4 is 4.74 Å². The van der Waals surface area contributed by atoms with Gasteiger partial charge in [-0.1, -0.05) is 42.5 Å². The van der Waals surface area contributed by atoms with Crippen molar-refractivity contribution in [2.45, 2.75) is 18.8 Å². The Morgan fingerprint density at radius 2 is 1.67 bits per heavy atom. The van der Waals surface area contributed by atoms with E-state index >= 15 is 0 Å². The fourth-order valence-corrected chi connectivity index (χ4v) is 3.90. The Bertz CT molecular complexity index is 705. The Morgan fingerprint density at radius 3 is 2.46 bits per heavy atom. The molecule has 124 valence electrons. The number of benzene rings is 2. The highest BCUT2D eigenvalue weighted by molar-refractivity contribution is 6.01. The minimum Gasteiger partial charge on any atom is -0.492 e. The zero-order chi connectivity index (χ0) is 16.4. The van der Waals surface area contributed by atoms with Crippen LogP contribution in [0.3, 0.4) is 0 Å². The number of hydrogen-bond acceptors (Lipinski definition) is 3. The van der Waals surface area contributed by atoms with Gasteiger partial charge in [0.15, 0.2) is 5.78 Å². The lowest BCUT2D eigenvalue weighted by Gasteiger charge is -2.35. The van der Waals surface area contributed by atoms with E-state index in [-0.39, 0.29) is 11.7 Å². The minimum atomic E-state index is -0.0341. The van der Waals surface area contributed by atoms with Crippen LogP contribution in [0.15, 0.2) is 54.6 Å². The van der Waals surface area contributed by atoms with Gasteiger partial charge in [0.25, 0.3) is 0 Å². The number of rotatable bonds is 3. The molecule has 0 spiro atoms. The number of ketones is 1. The summed E-state index contributed by atoms with van der Waals surface area (Å²) in [6, 6.07) is 18.4. The van der Waals surface area contributed by atoms with E-state index in [1.165, 1.54) is 18.4 Å². The van der Waals surface area contributed by atoms with Gasteiger partial charge in [0, 0.05) is 6.54 Å². The number of hydrogen-bond donors (Lipinski definition) is 0. The van der Waals surface area contributed by atoms with E-state index in [1.807, 2.05) is 24.3 Å². The second-order valence-corrected chi connectivity index (χ2v) is 6.85. The van der Waals surface area contributed by atoms with Crippen LogP contribution in [-0.2, 0) is 0 Å². The lowest BCUT2D eigenvalue weighted by molar-refractivity contribution is 0.0746. The number of para-hydroxylation sites is 1. The predicted molar refractivity (Wildman–Crippen MR) is 94.6 cm³/mol. The zero-order valence-electron chi connectivity index (χ0n) is 13.9. The van der Waals surface area contributed by atoms with Gasteiger partial charge in [-0.25, -0.2) is 0 Å². The van der Waals surface area contributed by atoms with Crippen molar-refractivity contribution in [3.05, 3.63) is 65.7 Å². The number of likely N-dealkylation sites (tertiary alicyclic amines) is 1. The van der Waals surface area contributed by atoms with Crippen LogP contribution in [0.4, 0.5) is 0 Å². The normalized spacial score (nSPS) is 22.0. The second-order valence-electron chi connectivity index (χ2n) is 6.85. The number of nitrogens with zero attached hydrogens (tertiary/aromatic N) is 1. The number of carbonyl (C=O) groups excluding carboxylic acids is 1. The van der Waals surface area contributed by atoms with Crippen LogP contribution >= 0.6 is 0 Å². The summed E-state index contributed by atoms with van der Waals surface area (Å²) in [5.74, 6) is 1.60. The van der Waals surface area contributed by atoms with Crippen molar-refractivity contribution in [2.75, 3.05) is 26.2 Å². The summed E-state index contributed by atoms with van der Waals surface area (Å²) in [6.07, 6.45) is 2.34. The standard InChI is InChI=1S/C21H23NO2/c23-21-18(15-24-20-9-5-4-8-19(20)21)14-22-12-10-17(11-13-22)16-6-2-1-3-7-16/h1-9,17-18H,10-15H2. The molecular weight excluding hydrogens is 298 g/mol. The molecule has 0 aliphatic carbocycles. The van der Waals surface area contributed by atoms with Crippen molar-refractivity contribution < 1.29 is 9.53 Å². The molecule has 24 heavy (non-hydrogen) atoms. The Kier molecular flexibility index (Phi) is 4.35. The molecule has 2 heterocycles. The maximum absolute atomic E-state index is 12.7. The summed E-state index contributed by atoms with van der Waals surface area (Å²) in [7, 11) is 0. The van der Waals surface area contributed by atoms with Crippen LogP contribution in [0.5, 0.6) is 5.75 Å². The first-order valence-corrected chi connectivity index (χ1v) is 8.84. The summed E-state index contributed by atoms with van der Waals surface area (Å²) in [4.78, 5) is 15.1. The summed E-state index contributed by atoms with van der Waals surface area (Å²) >= 11 is 0. The number of Topliss-reactive ketones (excluding diaryl/α,β-unsaturated/α-hetero) is 1. The van der Waals surface area contributed by atoms with E-state index < -0.39 is 0 Å². The van der Waals surface area contributed by atoms with E-state index in [2.05, 4.69) is 35.2 Å². The first-order chi connectivity index (χ1) is 11.8. The minimum absolute atomic E-state index is 0.0341. The maximum atomic E-state index is 12.7. The summed E-state index contributed by atoms with van der Waals surface area (Å²) in [6.45, 7) is 3.44. The Hall–Kier alpha value is -2.13. The van der Waals surface area contributed by atoms with Crippen LogP contribution in [-0.4, -0.2) is 36.9 Å². The molecule has 0 radical (unpaired) electrons. The van der Waals surface area contributed by atoms with E-state index in [0.717, 1.165) is 30.9 Å². The van der Waals surface area contributed by atoms with Crippen LogP contribution in [0.2, 0.25) is 0 Å². The summed E-state index contributed by atoms with van der Waals surface area (Å²) in [5.41, 5.74) is 2.19. The molecule has 0 N–H and O–H groups in total. The van der Waals surface area contributed by atoms with Gasteiger partial charge >= 0.3 is 0 Å². The van der Waals surface area contributed by atoms with Crippen molar-refractivity contribution in [2.24, 2.45) is 5.92 Å². The average molecular weight is 321 g/mol. The predicted octanol–water partition coefficient (Wildman–Crippen LogP) is 3.76. The van der Waals surface area contributed by atoms with E-state index in [1.54, 1.807) is 0 Å². The van der Waals surface area contributed by atoms with Gasteiger partial charge in [-0.3, -0.25) is 4.79 Å². The first-order valence-electron chi connectivity index (χ1n) is 8.84. The van der Waals surface area contributed by atoms with Crippen LogP contribution in [0.1, 0.15) is 34.7 Å². The molecule has 0 bridgehead atoms. The third-order valence-corrected chi connectivity index (χ3v) is 5.30. The van der Waals surface area contributed by atoms with Crippen molar-refractivity contribution in [3.8, 4) is 5.75 Å². The Morgan fingerprint density at radius 1 is 0.958 bits per heavy atom. The Labute approximate surface area is 143 Å². The van der Waals surface area contributed by atoms with Crippen molar-refractivity contribution in [1.29, 1.82) is 0 Å². The third-order valence-electron chi connectivity index (χ3n) is 5.30. The summed E-state index contributed by atoms with van der Waals surface area (Å²) in [5, 5.41) is 0. The molecule has 3 heteroatoms. The fourth-order valence-electron chi connectivity index (χ4n) is 3.90. The maximum Gasteiger partial charge on any atom is 0.174 e. The molecule has 1 fully saturated rings. The fraction of sp³-hybridized carbons (Fsp3) is 0.381. The third kappa shape index (κ3) is 3.09. The quantitative estimate of drug-likeness (QED) is 0.862. The van der Waals surface area contributed by atoms with Gasteiger partial charge in [0.2, 0.25) is 0 Å². The molecule has 1 saturated heterocycles. The van der Waals surface area contributed by atoms with Crippen molar-refractivity contribution >= 4 is 5.78 Å². The SMILES string of the molecule is O=C1c2ccccc2OCC1CN1CCC(c2ccccc2)CC1. The second kappa shape index (κ2) is 6.78. The highest BCUT2D eigenvalue weighted by Crippen LogP contribution is 2.30. The Balaban J connectivity index is 1.35. The molecule has 2 aliphatic rings. The lowest BCUT2D eigenvalue weighted by Crippen LogP contribution is -2.42. The van der Waals surface area contributed by atoms with Gasteiger partial charge in [-0.05, 0) is 49.5 Å². The van der Waals surface area contributed by atoms with Crippen LogP contribution in [0, 0.1) is 5.92 Å². The lowest BCUT2D eigenvalue weighted by atomic mass is 9.88. The van der Waals surface area contributed by atoms with E-state index in [4.69, 9.17) is 4.74 Å². The molecule has 0 aromatic heterocycles. The van der Waals surface area contributed by atoms with E-state index in [9.17, 15) is 4.79 Å². The number of carbonyl (C=O) groups is 1. The summed E-state index contributed by atoms with van der Waals surface area (Å²) < 4.78 is 5.79. The number of fused-ring (bicyclic) bond motifs is 1. The molecular formula is C21H23NO2. The van der Waals surface area contributed by atoms with Gasteiger partial charge < -0.3 is 9.64 Å². The molecule has 3 nitrogen and oxygen atoms in total. The molecule has 2 aromatic rings. The molecule has 0 amide bonds. The molecule has 2 aromatic carbocycles. The smallest absolute Gasteiger partial charge is 0.174 e. The topological polar surface area (TPSA) is 29.5 Å². The average Bonchev–Trinajstić information content (AvgIpc) is 2.66. The molecule has 1 atom stereocenters. The van der Waals surface area contributed by atoms with Gasteiger partial charge in [0.05, 0.1) is 18.1 Å². The van der Waals surface area contributed by atoms with Gasteiger partial charge in [0.1, 0.15) is 5.75 Å². The molecule has 0 saturated carbocycles. The number of ether oxygens (including phenoxy) is 1. The zero-order valence-corrected chi connectivity index (χ0v) is 13.9. The number of piperidine rings is 1. The van der Waals surface area contributed by atoms with E-state index in [0.29, 0.717) is 12.5 Å². The molecule has 2 aliphatic heterocycles. The van der Waals surface area contributed by atoms with Gasteiger partial charge in [-0.15, -0.1) is 0 Å². The largest absolute Gasteiger partial charge is 0.492 e. The first kappa shape index (κ1) is 15.4. The highest BCUT2D eigenvalue weighted by Gasteiger charge is 2.31. The molecule has 4 rings (SSSR count). The van der Waals surface area contributed by atoms with Crippen molar-refractivity contribution in [3.63, 3.8) is 0 Å². The van der Waals surface area contributed by atoms with Crippen LogP contribution in [0.25, 0.3) is 0 Å². The molecule has 1 unspecified atom stereocenters. The monoisotopic (exact) mass is 321 g/mol. The van der Waals surface area contributed by atoms with Crippen molar-refractivity contribution in [1.82, 2.24) is 4.90 Å². The van der Waals surface area contributed by atoms with Gasteiger partial charge in [-0.2, -0.15) is 0 Å².